The van der Waals surface area contributed by atoms with Crippen molar-refractivity contribution in [2.24, 2.45) is 0 Å². The first kappa shape index (κ1) is 22.0. The van der Waals surface area contributed by atoms with Crippen LogP contribution < -0.4 is 9.62 Å². The summed E-state index contributed by atoms with van der Waals surface area (Å²) in [7, 11) is -4.08. The number of benzene rings is 2. The van der Waals surface area contributed by atoms with Gasteiger partial charge in [0.25, 0.3) is 0 Å². The summed E-state index contributed by atoms with van der Waals surface area (Å²) in [5, 5.41) is 2.31. The molecule has 0 aliphatic rings. The number of sulfonamides is 1. The second-order valence-corrected chi connectivity index (χ2v) is 8.59. The average molecular weight is 435 g/mol. The Labute approximate surface area is 166 Å². The first-order chi connectivity index (χ1) is 12.8. The van der Waals surface area contributed by atoms with Crippen molar-refractivity contribution in [1.29, 1.82) is 0 Å². The van der Waals surface area contributed by atoms with Gasteiger partial charge in [0.05, 0.1) is 22.5 Å². The predicted molar refractivity (Wildman–Crippen MR) is 103 cm³/mol. The molecule has 0 spiro atoms. The first-order valence-electron chi connectivity index (χ1n) is 8.00. The fourth-order valence-corrected chi connectivity index (χ4v) is 3.54. The normalized spacial score (nSPS) is 12.0. The van der Waals surface area contributed by atoms with Crippen LogP contribution in [-0.4, -0.2) is 27.1 Å². The number of anilines is 2. The van der Waals surface area contributed by atoms with E-state index in [4.69, 9.17) is 11.6 Å². The lowest BCUT2D eigenvalue weighted by atomic mass is 10.1. The molecule has 2 aromatic carbocycles. The summed E-state index contributed by atoms with van der Waals surface area (Å²) in [5.74, 6) is -0.720. The summed E-state index contributed by atoms with van der Waals surface area (Å²) in [5.41, 5.74) is 0.867. The smallest absolute Gasteiger partial charge is 0.325 e. The van der Waals surface area contributed by atoms with E-state index in [1.54, 1.807) is 18.2 Å². The van der Waals surface area contributed by atoms with Crippen LogP contribution in [0.25, 0.3) is 0 Å². The fraction of sp³-hybridized carbons (Fsp3) is 0.278. The van der Waals surface area contributed by atoms with Gasteiger partial charge in [-0.3, -0.25) is 9.10 Å². The van der Waals surface area contributed by atoms with E-state index in [0.29, 0.717) is 16.1 Å². The standard InChI is InChI=1S/C18H18ClF3N2O3S/c1-11-4-6-14(8-12(11)2)23-17(25)10-24(28(3,26)27)16-9-13(18(20,21)22)5-7-15(16)19/h4-9H,10H2,1-3H3,(H,23,25). The van der Waals surface area contributed by atoms with Gasteiger partial charge >= 0.3 is 6.18 Å². The van der Waals surface area contributed by atoms with Crippen molar-refractivity contribution in [1.82, 2.24) is 0 Å². The lowest BCUT2D eigenvalue weighted by molar-refractivity contribution is -0.137. The van der Waals surface area contributed by atoms with Crippen LogP contribution in [0.2, 0.25) is 5.02 Å². The SMILES string of the molecule is Cc1ccc(NC(=O)CN(c2cc(C(F)(F)F)ccc2Cl)S(C)(=O)=O)cc1C. The van der Waals surface area contributed by atoms with Crippen LogP contribution in [0.5, 0.6) is 0 Å². The Morgan fingerprint density at radius 1 is 1.11 bits per heavy atom. The van der Waals surface area contributed by atoms with Gasteiger partial charge in [-0.25, -0.2) is 8.42 Å². The molecule has 28 heavy (non-hydrogen) atoms. The Morgan fingerprint density at radius 2 is 1.75 bits per heavy atom. The third kappa shape index (κ3) is 5.39. The van der Waals surface area contributed by atoms with Gasteiger partial charge in [-0.15, -0.1) is 0 Å². The molecule has 0 atom stereocenters. The van der Waals surface area contributed by atoms with E-state index in [2.05, 4.69) is 5.32 Å². The molecule has 5 nitrogen and oxygen atoms in total. The van der Waals surface area contributed by atoms with Crippen LogP contribution in [0, 0.1) is 13.8 Å². The molecule has 0 heterocycles. The molecule has 0 saturated carbocycles. The highest BCUT2D eigenvalue weighted by Crippen LogP contribution is 2.36. The molecule has 0 aliphatic heterocycles. The maximum atomic E-state index is 13.0. The molecule has 0 bridgehead atoms. The monoisotopic (exact) mass is 434 g/mol. The highest BCUT2D eigenvalue weighted by molar-refractivity contribution is 7.92. The van der Waals surface area contributed by atoms with Crippen molar-refractivity contribution in [3.63, 3.8) is 0 Å². The van der Waals surface area contributed by atoms with Gasteiger partial charge in [0.15, 0.2) is 0 Å². The molecule has 0 saturated heterocycles. The minimum atomic E-state index is -4.69. The van der Waals surface area contributed by atoms with Crippen LogP contribution in [0.3, 0.4) is 0 Å². The number of hydrogen-bond donors (Lipinski definition) is 1. The van der Waals surface area contributed by atoms with Crippen molar-refractivity contribution < 1.29 is 26.4 Å². The molecule has 0 aliphatic carbocycles. The summed E-state index contributed by atoms with van der Waals surface area (Å²) in [6.45, 7) is 3.00. The number of nitrogens with one attached hydrogen (secondary N) is 1. The van der Waals surface area contributed by atoms with Crippen molar-refractivity contribution >= 4 is 38.9 Å². The zero-order valence-electron chi connectivity index (χ0n) is 15.3. The minimum Gasteiger partial charge on any atom is -0.325 e. The van der Waals surface area contributed by atoms with Gasteiger partial charge in [-0.1, -0.05) is 17.7 Å². The quantitative estimate of drug-likeness (QED) is 0.759. The number of carbonyl (C=O) groups excluding carboxylic acids is 1. The number of halogens is 4. The molecule has 1 amide bonds. The number of carbonyl (C=O) groups is 1. The topological polar surface area (TPSA) is 66.5 Å². The van der Waals surface area contributed by atoms with Gasteiger partial charge in [0, 0.05) is 5.69 Å². The molecular weight excluding hydrogens is 417 g/mol. The second-order valence-electron chi connectivity index (χ2n) is 6.28. The van der Waals surface area contributed by atoms with Gasteiger partial charge in [0.1, 0.15) is 6.54 Å². The summed E-state index contributed by atoms with van der Waals surface area (Å²) in [6.07, 6.45) is -3.91. The van der Waals surface area contributed by atoms with Gasteiger partial charge in [-0.2, -0.15) is 13.2 Å². The van der Waals surface area contributed by atoms with Crippen LogP contribution in [0.4, 0.5) is 24.5 Å². The van der Waals surface area contributed by atoms with Gasteiger partial charge in [0.2, 0.25) is 15.9 Å². The molecular formula is C18H18ClF3N2O3S. The summed E-state index contributed by atoms with van der Waals surface area (Å²) >= 11 is 5.92. The van der Waals surface area contributed by atoms with Crippen LogP contribution in [0.15, 0.2) is 36.4 Å². The molecule has 1 N–H and O–H groups in total. The van der Waals surface area contributed by atoms with Crippen LogP contribution in [-0.2, 0) is 21.0 Å². The van der Waals surface area contributed by atoms with Crippen molar-refractivity contribution in [2.45, 2.75) is 20.0 Å². The molecule has 10 heteroatoms. The highest BCUT2D eigenvalue weighted by atomic mass is 35.5. The van der Waals surface area contributed by atoms with E-state index in [-0.39, 0.29) is 5.02 Å². The lowest BCUT2D eigenvalue weighted by Crippen LogP contribution is -2.37. The van der Waals surface area contributed by atoms with Crippen molar-refractivity contribution in [3.8, 4) is 0 Å². The zero-order valence-corrected chi connectivity index (χ0v) is 16.8. The predicted octanol–water partition coefficient (Wildman–Crippen LogP) is 4.38. The Balaban J connectivity index is 2.35. The Bertz CT molecular complexity index is 1010. The third-order valence-electron chi connectivity index (χ3n) is 4.02. The maximum absolute atomic E-state index is 13.0. The number of aryl methyl sites for hydroxylation is 2. The lowest BCUT2D eigenvalue weighted by Gasteiger charge is -2.24. The second kappa shape index (κ2) is 8.00. The highest BCUT2D eigenvalue weighted by Gasteiger charge is 2.33. The third-order valence-corrected chi connectivity index (χ3v) is 5.47. The molecule has 0 radical (unpaired) electrons. The largest absolute Gasteiger partial charge is 0.416 e. The number of rotatable bonds is 5. The Hall–Kier alpha value is -2.26. The van der Waals surface area contributed by atoms with Gasteiger partial charge in [-0.05, 0) is 55.3 Å². The molecule has 152 valence electrons. The van der Waals surface area contributed by atoms with Crippen LogP contribution in [0.1, 0.15) is 16.7 Å². The van der Waals surface area contributed by atoms with Gasteiger partial charge < -0.3 is 5.32 Å². The van der Waals surface area contributed by atoms with E-state index >= 15 is 0 Å². The van der Waals surface area contributed by atoms with Crippen LogP contribution >= 0.6 is 11.6 Å². The van der Waals surface area contributed by atoms with Crippen molar-refractivity contribution in [2.75, 3.05) is 22.4 Å². The number of hydrogen-bond acceptors (Lipinski definition) is 3. The van der Waals surface area contributed by atoms with E-state index in [0.717, 1.165) is 29.5 Å². The summed E-state index contributed by atoms with van der Waals surface area (Å²) < 4.78 is 63.8. The van der Waals surface area contributed by atoms with E-state index in [9.17, 15) is 26.4 Å². The number of alkyl halides is 3. The zero-order chi connectivity index (χ0) is 21.3. The average Bonchev–Trinajstić information content (AvgIpc) is 2.55. The van der Waals surface area contributed by atoms with E-state index < -0.39 is 39.9 Å². The summed E-state index contributed by atoms with van der Waals surface area (Å²) in [6, 6.07) is 7.41. The Morgan fingerprint density at radius 3 is 2.29 bits per heavy atom. The van der Waals surface area contributed by atoms with E-state index in [1.165, 1.54) is 0 Å². The first-order valence-corrected chi connectivity index (χ1v) is 10.2. The van der Waals surface area contributed by atoms with E-state index in [1.807, 2.05) is 13.8 Å². The number of amides is 1. The molecule has 2 rings (SSSR count). The molecule has 0 unspecified atom stereocenters. The molecule has 0 fully saturated rings. The molecule has 2 aromatic rings. The number of nitrogens with zero attached hydrogens (tertiary/aromatic N) is 1. The molecule has 0 aromatic heterocycles. The van der Waals surface area contributed by atoms with Crippen molar-refractivity contribution in [3.05, 3.63) is 58.1 Å². The Kier molecular flexibility index (Phi) is 6.30. The maximum Gasteiger partial charge on any atom is 0.416 e. The minimum absolute atomic E-state index is 0.225. The fourth-order valence-electron chi connectivity index (χ4n) is 2.41. The summed E-state index contributed by atoms with van der Waals surface area (Å²) in [4.78, 5) is 12.3.